The van der Waals surface area contributed by atoms with Crippen molar-refractivity contribution < 1.29 is 14.2 Å². The molecule has 1 fully saturated rings. The Morgan fingerprint density at radius 2 is 2.16 bits per heavy atom. The Morgan fingerprint density at radius 1 is 1.28 bits per heavy atom. The number of fused-ring (bicyclic) bond motifs is 1. The van der Waals surface area contributed by atoms with Gasteiger partial charge in [-0.1, -0.05) is 0 Å². The Bertz CT molecular complexity index is 688. The quantitative estimate of drug-likeness (QED) is 0.841. The molecule has 4 heterocycles. The minimum Gasteiger partial charge on any atom is -0.488 e. The molecule has 0 N–H and O–H groups in total. The Kier molecular flexibility index (Phi) is 4.61. The van der Waals surface area contributed by atoms with Crippen molar-refractivity contribution in [1.82, 2.24) is 9.88 Å². The van der Waals surface area contributed by atoms with Crippen LogP contribution in [0.2, 0.25) is 0 Å². The molecule has 0 aromatic carbocycles. The summed E-state index contributed by atoms with van der Waals surface area (Å²) in [5, 5.41) is 0. The fourth-order valence-electron chi connectivity index (χ4n) is 3.44. The molecule has 1 aromatic heterocycles. The molecule has 25 heavy (non-hydrogen) atoms. The molecule has 0 bridgehead atoms. The van der Waals surface area contributed by atoms with Crippen LogP contribution in [0.1, 0.15) is 38.4 Å². The molecule has 0 spiro atoms. The second-order valence-corrected chi connectivity index (χ2v) is 6.91. The van der Waals surface area contributed by atoms with Crippen LogP contribution in [-0.4, -0.2) is 54.5 Å². The first-order valence-electron chi connectivity index (χ1n) is 9.09. The van der Waals surface area contributed by atoms with Gasteiger partial charge in [0.25, 0.3) is 5.88 Å². The molecule has 6 nitrogen and oxygen atoms in total. The number of allylic oxidation sites excluding steroid dienone is 1. The summed E-state index contributed by atoms with van der Waals surface area (Å²) >= 11 is 0. The Morgan fingerprint density at radius 3 is 3.00 bits per heavy atom. The van der Waals surface area contributed by atoms with Gasteiger partial charge in [0.1, 0.15) is 25.1 Å². The lowest BCUT2D eigenvalue weighted by Crippen LogP contribution is -2.27. The molecular weight excluding hydrogens is 318 g/mol. The van der Waals surface area contributed by atoms with Crippen molar-refractivity contribution in [2.24, 2.45) is 4.99 Å². The smallest absolute Gasteiger partial charge is 0.257 e. The summed E-state index contributed by atoms with van der Waals surface area (Å²) in [5.74, 6) is 2.26. The molecule has 6 heteroatoms. The molecule has 1 saturated heterocycles. The van der Waals surface area contributed by atoms with Crippen molar-refractivity contribution in [3.8, 4) is 11.6 Å². The van der Waals surface area contributed by atoms with E-state index in [-0.39, 0.29) is 12.1 Å². The highest BCUT2D eigenvalue weighted by atomic mass is 16.6. The minimum atomic E-state index is 0.214. The number of ether oxygens (including phenoxy) is 3. The molecule has 3 atom stereocenters. The van der Waals surface area contributed by atoms with E-state index in [9.17, 15) is 0 Å². The number of hydrogen-bond acceptors (Lipinski definition) is 6. The van der Waals surface area contributed by atoms with Gasteiger partial charge in [-0.15, -0.1) is 0 Å². The molecule has 2 unspecified atom stereocenters. The second-order valence-electron chi connectivity index (χ2n) is 6.91. The predicted octanol–water partition coefficient (Wildman–Crippen LogP) is 2.75. The zero-order chi connectivity index (χ0) is 17.2. The summed E-state index contributed by atoms with van der Waals surface area (Å²) in [6.07, 6.45) is 6.20. The van der Waals surface area contributed by atoms with E-state index in [0.717, 1.165) is 43.1 Å². The monoisotopic (exact) mass is 343 g/mol. The van der Waals surface area contributed by atoms with E-state index in [1.807, 2.05) is 18.3 Å². The summed E-state index contributed by atoms with van der Waals surface area (Å²) in [7, 11) is 0. The highest BCUT2D eigenvalue weighted by Gasteiger charge is 2.30. The first kappa shape index (κ1) is 16.4. The average molecular weight is 343 g/mol. The average Bonchev–Trinajstić information content (AvgIpc) is 3.11. The molecule has 3 aliphatic heterocycles. The van der Waals surface area contributed by atoms with Crippen LogP contribution < -0.4 is 9.47 Å². The van der Waals surface area contributed by atoms with Crippen molar-refractivity contribution in [1.29, 1.82) is 0 Å². The van der Waals surface area contributed by atoms with Crippen LogP contribution in [0.15, 0.2) is 29.0 Å². The van der Waals surface area contributed by atoms with Crippen molar-refractivity contribution in [2.75, 3.05) is 26.3 Å². The van der Waals surface area contributed by atoms with Crippen molar-refractivity contribution in [3.63, 3.8) is 0 Å². The molecular formula is C19H25N3O3. The van der Waals surface area contributed by atoms with Gasteiger partial charge in [-0.3, -0.25) is 9.89 Å². The van der Waals surface area contributed by atoms with Crippen LogP contribution in [0, 0.1) is 0 Å². The van der Waals surface area contributed by atoms with E-state index in [0.29, 0.717) is 25.1 Å². The minimum absolute atomic E-state index is 0.214. The SMILES string of the molecule is CC1CC=C(O[C@H]2CCN(C(C)c3ccc4c(n3)OCCO4)C2)C=N1. The molecule has 0 amide bonds. The predicted molar refractivity (Wildman–Crippen MR) is 95.4 cm³/mol. The first-order valence-corrected chi connectivity index (χ1v) is 9.09. The first-order chi connectivity index (χ1) is 12.2. The fourth-order valence-corrected chi connectivity index (χ4v) is 3.44. The molecule has 4 rings (SSSR count). The van der Waals surface area contributed by atoms with Gasteiger partial charge >= 0.3 is 0 Å². The fraction of sp³-hybridized carbons (Fsp3) is 0.579. The molecule has 1 aromatic rings. The number of aliphatic imine (C=N–C) groups is 1. The number of pyridine rings is 1. The van der Waals surface area contributed by atoms with Gasteiger partial charge in [-0.25, -0.2) is 4.98 Å². The maximum atomic E-state index is 6.11. The Hall–Kier alpha value is -2.08. The summed E-state index contributed by atoms with van der Waals surface area (Å²) in [5.41, 5.74) is 1.01. The van der Waals surface area contributed by atoms with Crippen LogP contribution in [0.4, 0.5) is 0 Å². The third-order valence-corrected chi connectivity index (χ3v) is 5.00. The summed E-state index contributed by atoms with van der Waals surface area (Å²) in [6, 6.07) is 4.58. The van der Waals surface area contributed by atoms with E-state index in [4.69, 9.17) is 14.2 Å². The van der Waals surface area contributed by atoms with Gasteiger partial charge < -0.3 is 14.2 Å². The summed E-state index contributed by atoms with van der Waals surface area (Å²) < 4.78 is 17.3. The largest absolute Gasteiger partial charge is 0.488 e. The summed E-state index contributed by atoms with van der Waals surface area (Å²) in [4.78, 5) is 11.5. The zero-order valence-electron chi connectivity index (χ0n) is 14.9. The van der Waals surface area contributed by atoms with Gasteiger partial charge in [0.2, 0.25) is 0 Å². The highest BCUT2D eigenvalue weighted by molar-refractivity contribution is 5.77. The number of dihydropyridines is 1. The lowest BCUT2D eigenvalue weighted by atomic mass is 10.2. The van der Waals surface area contributed by atoms with Crippen molar-refractivity contribution >= 4 is 6.21 Å². The molecule has 0 radical (unpaired) electrons. The van der Waals surface area contributed by atoms with Gasteiger partial charge in [-0.05, 0) is 44.9 Å². The number of hydrogen-bond donors (Lipinski definition) is 0. The van der Waals surface area contributed by atoms with Crippen molar-refractivity contribution in [2.45, 2.75) is 44.9 Å². The topological polar surface area (TPSA) is 56.2 Å². The van der Waals surface area contributed by atoms with Crippen LogP contribution in [0.3, 0.4) is 0 Å². The number of rotatable bonds is 4. The van der Waals surface area contributed by atoms with Crippen LogP contribution in [0.5, 0.6) is 11.6 Å². The maximum Gasteiger partial charge on any atom is 0.257 e. The van der Waals surface area contributed by atoms with Gasteiger partial charge in [-0.2, -0.15) is 0 Å². The van der Waals surface area contributed by atoms with Crippen LogP contribution >= 0.6 is 0 Å². The third kappa shape index (κ3) is 3.63. The lowest BCUT2D eigenvalue weighted by Gasteiger charge is -2.25. The number of aromatic nitrogens is 1. The second kappa shape index (κ2) is 7.04. The van der Waals surface area contributed by atoms with Gasteiger partial charge in [0.05, 0.1) is 18.0 Å². The Labute approximate surface area is 148 Å². The van der Waals surface area contributed by atoms with E-state index in [2.05, 4.69) is 34.8 Å². The van der Waals surface area contributed by atoms with Crippen LogP contribution in [0.25, 0.3) is 0 Å². The normalized spacial score (nSPS) is 27.0. The lowest BCUT2D eigenvalue weighted by molar-refractivity contribution is 0.125. The standard InChI is InChI=1S/C19H25N3O3/c1-13-3-4-15(11-20-13)25-16-7-8-22(12-16)14(2)17-5-6-18-19(21-17)24-10-9-23-18/h4-6,11,13-14,16H,3,7-10,12H2,1-2H3/t13?,14?,16-/m0/s1. The molecule has 134 valence electrons. The van der Waals surface area contributed by atoms with E-state index in [1.165, 1.54) is 0 Å². The van der Waals surface area contributed by atoms with Crippen molar-refractivity contribution in [3.05, 3.63) is 29.7 Å². The summed E-state index contributed by atoms with van der Waals surface area (Å²) in [6.45, 7) is 7.35. The molecule has 0 aliphatic carbocycles. The maximum absolute atomic E-state index is 6.11. The van der Waals surface area contributed by atoms with E-state index >= 15 is 0 Å². The molecule has 3 aliphatic rings. The third-order valence-electron chi connectivity index (χ3n) is 5.00. The highest BCUT2D eigenvalue weighted by Crippen LogP contribution is 2.32. The van der Waals surface area contributed by atoms with Crippen LogP contribution in [-0.2, 0) is 4.74 Å². The molecule has 0 saturated carbocycles. The van der Waals surface area contributed by atoms with Gasteiger partial charge in [0.15, 0.2) is 5.75 Å². The Balaban J connectivity index is 1.37. The van der Waals surface area contributed by atoms with E-state index in [1.54, 1.807) is 0 Å². The van der Waals surface area contributed by atoms with Gasteiger partial charge in [0, 0.05) is 19.1 Å². The number of nitrogens with zero attached hydrogens (tertiary/aromatic N) is 3. The zero-order valence-corrected chi connectivity index (χ0v) is 14.9. The van der Waals surface area contributed by atoms with E-state index < -0.39 is 0 Å². The number of likely N-dealkylation sites (tertiary alicyclic amines) is 1.